The van der Waals surface area contributed by atoms with Gasteiger partial charge >= 0.3 is 0 Å². The Hall–Kier alpha value is -2.22. The molecule has 0 spiro atoms. The van der Waals surface area contributed by atoms with Crippen molar-refractivity contribution in [3.8, 4) is 5.75 Å². The summed E-state index contributed by atoms with van der Waals surface area (Å²) in [5, 5.41) is 10.1. The molecule has 156 valence electrons. The molecule has 29 heavy (non-hydrogen) atoms. The summed E-state index contributed by atoms with van der Waals surface area (Å²) in [7, 11) is -2.00. The van der Waals surface area contributed by atoms with Crippen molar-refractivity contribution < 1.29 is 23.1 Å². The SMILES string of the molecule is COc1ccc(CC2(CO)CCN(S(=O)(=O)c3ccc(C(C)=O)cc3)CC2)cc1. The van der Waals surface area contributed by atoms with Crippen LogP contribution in [0.5, 0.6) is 5.75 Å². The number of aliphatic hydroxyl groups excluding tert-OH is 1. The van der Waals surface area contributed by atoms with Crippen LogP contribution in [0, 0.1) is 5.41 Å². The standard InChI is InChI=1S/C22H27NO5S/c1-17(25)19-5-9-21(10-6-19)29(26,27)23-13-11-22(16-24,12-14-23)15-18-3-7-20(28-2)8-4-18/h3-10,24H,11-16H2,1-2H3. The first kappa shape index (κ1) is 21.5. The van der Waals surface area contributed by atoms with Crippen LogP contribution in [0.1, 0.15) is 35.7 Å². The lowest BCUT2D eigenvalue weighted by atomic mass is 9.75. The smallest absolute Gasteiger partial charge is 0.243 e. The van der Waals surface area contributed by atoms with Gasteiger partial charge in [-0.15, -0.1) is 0 Å². The molecule has 0 aromatic heterocycles. The summed E-state index contributed by atoms with van der Waals surface area (Å²) >= 11 is 0. The highest BCUT2D eigenvalue weighted by Crippen LogP contribution is 2.36. The third-order valence-corrected chi connectivity index (χ3v) is 7.67. The first-order valence-corrected chi connectivity index (χ1v) is 11.1. The van der Waals surface area contributed by atoms with Gasteiger partial charge in [-0.25, -0.2) is 8.42 Å². The lowest BCUT2D eigenvalue weighted by Gasteiger charge is -2.40. The summed E-state index contributed by atoms with van der Waals surface area (Å²) < 4.78 is 32.6. The van der Waals surface area contributed by atoms with Crippen LogP contribution in [0.2, 0.25) is 0 Å². The summed E-state index contributed by atoms with van der Waals surface area (Å²) in [5.74, 6) is 0.682. The Kier molecular flexibility index (Phi) is 6.41. The molecule has 6 nitrogen and oxygen atoms in total. The molecule has 0 aliphatic carbocycles. The van der Waals surface area contributed by atoms with Gasteiger partial charge in [-0.05, 0) is 61.4 Å². The van der Waals surface area contributed by atoms with E-state index < -0.39 is 10.0 Å². The second-order valence-corrected chi connectivity index (χ2v) is 9.61. The van der Waals surface area contributed by atoms with Crippen molar-refractivity contribution in [2.45, 2.75) is 31.1 Å². The van der Waals surface area contributed by atoms with Crippen molar-refractivity contribution in [2.24, 2.45) is 5.41 Å². The molecule has 0 atom stereocenters. The number of aliphatic hydroxyl groups is 1. The fourth-order valence-electron chi connectivity index (χ4n) is 3.78. The molecule has 1 heterocycles. The van der Waals surface area contributed by atoms with E-state index >= 15 is 0 Å². The average Bonchev–Trinajstić information content (AvgIpc) is 2.74. The van der Waals surface area contributed by atoms with Crippen LogP contribution < -0.4 is 4.74 Å². The van der Waals surface area contributed by atoms with Crippen molar-refractivity contribution in [1.82, 2.24) is 4.31 Å². The number of Topliss-reactive ketones (excluding diaryl/α,β-unsaturated/α-hetero) is 1. The van der Waals surface area contributed by atoms with Crippen LogP contribution in [0.4, 0.5) is 0 Å². The predicted octanol–water partition coefficient (Wildman–Crippen LogP) is 2.90. The highest BCUT2D eigenvalue weighted by atomic mass is 32.2. The van der Waals surface area contributed by atoms with Gasteiger partial charge in [0.2, 0.25) is 10.0 Å². The van der Waals surface area contributed by atoms with Crippen LogP contribution in [0.3, 0.4) is 0 Å². The van der Waals surface area contributed by atoms with Crippen molar-refractivity contribution >= 4 is 15.8 Å². The molecule has 0 radical (unpaired) electrons. The zero-order valence-electron chi connectivity index (χ0n) is 16.8. The van der Waals surface area contributed by atoms with Gasteiger partial charge in [0, 0.05) is 25.3 Å². The molecule has 2 aromatic carbocycles. The van der Waals surface area contributed by atoms with Crippen molar-refractivity contribution in [1.29, 1.82) is 0 Å². The maximum Gasteiger partial charge on any atom is 0.243 e. The first-order valence-electron chi connectivity index (χ1n) is 9.65. The van der Waals surface area contributed by atoms with E-state index in [1.54, 1.807) is 19.2 Å². The van der Waals surface area contributed by atoms with Crippen molar-refractivity contribution in [3.63, 3.8) is 0 Å². The van der Waals surface area contributed by atoms with E-state index in [1.165, 1.54) is 23.4 Å². The predicted molar refractivity (Wildman–Crippen MR) is 111 cm³/mol. The molecular weight excluding hydrogens is 390 g/mol. The van der Waals surface area contributed by atoms with Crippen LogP contribution in [-0.2, 0) is 16.4 Å². The van der Waals surface area contributed by atoms with Gasteiger partial charge in [0.15, 0.2) is 5.78 Å². The van der Waals surface area contributed by atoms with E-state index in [0.717, 1.165) is 11.3 Å². The number of methoxy groups -OCH3 is 1. The van der Waals surface area contributed by atoms with Crippen LogP contribution in [0.25, 0.3) is 0 Å². The highest BCUT2D eigenvalue weighted by molar-refractivity contribution is 7.89. The summed E-state index contributed by atoms with van der Waals surface area (Å²) in [6.45, 7) is 2.17. The quantitative estimate of drug-likeness (QED) is 0.701. The third-order valence-electron chi connectivity index (χ3n) is 5.76. The fourth-order valence-corrected chi connectivity index (χ4v) is 5.22. The zero-order valence-corrected chi connectivity index (χ0v) is 17.6. The zero-order chi connectivity index (χ0) is 21.1. The average molecular weight is 418 g/mol. The number of benzene rings is 2. The summed E-state index contributed by atoms with van der Waals surface area (Å²) in [6.07, 6.45) is 1.86. The topological polar surface area (TPSA) is 83.9 Å². The van der Waals surface area contributed by atoms with Gasteiger partial charge in [-0.3, -0.25) is 4.79 Å². The molecule has 1 aliphatic rings. The summed E-state index contributed by atoms with van der Waals surface area (Å²) in [5.41, 5.74) is 1.25. The number of hydrogen-bond acceptors (Lipinski definition) is 5. The molecule has 3 rings (SSSR count). The Bertz CT molecular complexity index is 944. The van der Waals surface area contributed by atoms with E-state index in [4.69, 9.17) is 4.74 Å². The Labute approximate surface area is 172 Å². The van der Waals surface area contributed by atoms with E-state index in [9.17, 15) is 18.3 Å². The fraction of sp³-hybridized carbons (Fsp3) is 0.409. The second kappa shape index (κ2) is 8.65. The molecule has 0 amide bonds. The number of rotatable bonds is 7. The molecule has 1 saturated heterocycles. The molecule has 1 N–H and O–H groups in total. The Morgan fingerprint density at radius 2 is 1.66 bits per heavy atom. The van der Waals surface area contributed by atoms with Gasteiger partial charge in [0.25, 0.3) is 0 Å². The summed E-state index contributed by atoms with van der Waals surface area (Å²) in [6, 6.07) is 13.8. The molecule has 0 bridgehead atoms. The lowest BCUT2D eigenvalue weighted by Crippen LogP contribution is -2.45. The molecule has 2 aromatic rings. The number of hydrogen-bond donors (Lipinski definition) is 1. The monoisotopic (exact) mass is 417 g/mol. The van der Waals surface area contributed by atoms with Gasteiger partial charge in [0.1, 0.15) is 5.75 Å². The highest BCUT2D eigenvalue weighted by Gasteiger charge is 2.38. The van der Waals surface area contributed by atoms with Gasteiger partial charge in [0.05, 0.1) is 12.0 Å². The molecule has 0 unspecified atom stereocenters. The minimum absolute atomic E-state index is 0.0141. The van der Waals surface area contributed by atoms with Gasteiger partial charge in [-0.2, -0.15) is 4.31 Å². The normalized spacial score (nSPS) is 17.1. The number of ether oxygens (including phenoxy) is 1. The summed E-state index contributed by atoms with van der Waals surface area (Å²) in [4.78, 5) is 11.6. The van der Waals surface area contributed by atoms with E-state index in [0.29, 0.717) is 37.9 Å². The van der Waals surface area contributed by atoms with Crippen LogP contribution in [0.15, 0.2) is 53.4 Å². The number of carbonyl (C=O) groups is 1. The number of sulfonamides is 1. The van der Waals surface area contributed by atoms with Crippen LogP contribution >= 0.6 is 0 Å². The van der Waals surface area contributed by atoms with Crippen LogP contribution in [-0.4, -0.2) is 50.4 Å². The third kappa shape index (κ3) is 4.69. The maximum absolute atomic E-state index is 13.0. The van der Waals surface area contributed by atoms with E-state index in [1.807, 2.05) is 24.3 Å². The molecule has 1 aliphatic heterocycles. The number of ketones is 1. The second-order valence-electron chi connectivity index (χ2n) is 7.67. The van der Waals surface area contributed by atoms with Gasteiger partial charge in [-0.1, -0.05) is 24.3 Å². The molecule has 7 heteroatoms. The first-order chi connectivity index (χ1) is 13.8. The number of carbonyl (C=O) groups excluding carboxylic acids is 1. The van der Waals surface area contributed by atoms with Crippen molar-refractivity contribution in [3.05, 3.63) is 59.7 Å². The van der Waals surface area contributed by atoms with E-state index in [2.05, 4.69) is 0 Å². The minimum atomic E-state index is -3.62. The Morgan fingerprint density at radius 1 is 1.07 bits per heavy atom. The Balaban J connectivity index is 1.70. The van der Waals surface area contributed by atoms with Crippen molar-refractivity contribution in [2.75, 3.05) is 26.8 Å². The molecule has 1 fully saturated rings. The minimum Gasteiger partial charge on any atom is -0.497 e. The number of nitrogens with zero attached hydrogens (tertiary/aromatic N) is 1. The number of piperidine rings is 1. The van der Waals surface area contributed by atoms with Gasteiger partial charge < -0.3 is 9.84 Å². The molecular formula is C22H27NO5S. The largest absolute Gasteiger partial charge is 0.497 e. The molecule has 0 saturated carbocycles. The Morgan fingerprint density at radius 3 is 2.14 bits per heavy atom. The van der Waals surface area contributed by atoms with E-state index in [-0.39, 0.29) is 22.7 Å². The lowest BCUT2D eigenvalue weighted by molar-refractivity contribution is 0.0684. The maximum atomic E-state index is 13.0.